The van der Waals surface area contributed by atoms with Crippen molar-refractivity contribution in [3.05, 3.63) is 0 Å². The summed E-state index contributed by atoms with van der Waals surface area (Å²) in [5, 5.41) is 19.3. The molecule has 0 heterocycles. The van der Waals surface area contributed by atoms with Crippen LogP contribution in [0.5, 0.6) is 0 Å². The monoisotopic (exact) mass is 172 g/mol. The fourth-order valence-electron chi connectivity index (χ4n) is 1.94. The fraction of sp³-hybridized carbons (Fsp3) is 1.00. The topological polar surface area (TPSA) is 40.5 Å². The SMILES string of the molecule is C[C@H]1CC[C@H](C(C)(C)O)C[C@@H]1O. The lowest BCUT2D eigenvalue weighted by Crippen LogP contribution is -2.39. The highest BCUT2D eigenvalue weighted by Crippen LogP contribution is 2.35. The van der Waals surface area contributed by atoms with E-state index in [4.69, 9.17) is 0 Å². The average Bonchev–Trinajstić information content (AvgIpc) is 1.92. The molecule has 1 saturated carbocycles. The van der Waals surface area contributed by atoms with Crippen molar-refractivity contribution in [2.24, 2.45) is 11.8 Å². The van der Waals surface area contributed by atoms with Gasteiger partial charge in [-0.15, -0.1) is 0 Å². The van der Waals surface area contributed by atoms with Crippen LogP contribution < -0.4 is 0 Å². The van der Waals surface area contributed by atoms with Crippen LogP contribution in [-0.2, 0) is 0 Å². The molecule has 12 heavy (non-hydrogen) atoms. The van der Waals surface area contributed by atoms with Gasteiger partial charge in [0.25, 0.3) is 0 Å². The van der Waals surface area contributed by atoms with Crippen molar-refractivity contribution in [1.29, 1.82) is 0 Å². The van der Waals surface area contributed by atoms with Gasteiger partial charge < -0.3 is 10.2 Å². The molecule has 3 atom stereocenters. The summed E-state index contributed by atoms with van der Waals surface area (Å²) >= 11 is 0. The van der Waals surface area contributed by atoms with Crippen LogP contribution in [0.4, 0.5) is 0 Å². The van der Waals surface area contributed by atoms with E-state index in [1.807, 2.05) is 13.8 Å². The van der Waals surface area contributed by atoms with Gasteiger partial charge in [-0.2, -0.15) is 0 Å². The first kappa shape index (κ1) is 10.0. The maximum Gasteiger partial charge on any atom is 0.0620 e. The van der Waals surface area contributed by atoms with Gasteiger partial charge in [-0.05, 0) is 44.9 Å². The van der Waals surface area contributed by atoms with Crippen LogP contribution in [0.3, 0.4) is 0 Å². The summed E-state index contributed by atoms with van der Waals surface area (Å²) in [7, 11) is 0. The summed E-state index contributed by atoms with van der Waals surface area (Å²) in [6.45, 7) is 5.74. The molecular formula is C10H20O2. The van der Waals surface area contributed by atoms with Crippen molar-refractivity contribution in [3.8, 4) is 0 Å². The molecule has 0 bridgehead atoms. The molecule has 1 fully saturated rings. The Morgan fingerprint density at radius 3 is 2.25 bits per heavy atom. The van der Waals surface area contributed by atoms with E-state index in [0.717, 1.165) is 19.3 Å². The van der Waals surface area contributed by atoms with Gasteiger partial charge >= 0.3 is 0 Å². The van der Waals surface area contributed by atoms with E-state index in [1.165, 1.54) is 0 Å². The molecule has 0 amide bonds. The Morgan fingerprint density at radius 2 is 1.83 bits per heavy atom. The molecule has 0 aromatic rings. The second-order valence-corrected chi connectivity index (χ2v) is 4.71. The predicted octanol–water partition coefficient (Wildman–Crippen LogP) is 1.55. The Morgan fingerprint density at radius 1 is 1.25 bits per heavy atom. The van der Waals surface area contributed by atoms with Crippen molar-refractivity contribution in [1.82, 2.24) is 0 Å². The quantitative estimate of drug-likeness (QED) is 0.630. The molecule has 0 aromatic heterocycles. The summed E-state index contributed by atoms with van der Waals surface area (Å²) in [6.07, 6.45) is 2.62. The maximum absolute atomic E-state index is 9.74. The van der Waals surface area contributed by atoms with Crippen LogP contribution in [0.1, 0.15) is 40.0 Å². The third kappa shape index (κ3) is 2.20. The van der Waals surface area contributed by atoms with Gasteiger partial charge in [0, 0.05) is 0 Å². The van der Waals surface area contributed by atoms with Crippen LogP contribution in [0.15, 0.2) is 0 Å². The summed E-state index contributed by atoms with van der Waals surface area (Å²) in [5.74, 6) is 0.673. The molecule has 0 aliphatic heterocycles. The normalized spacial score (nSPS) is 38.2. The van der Waals surface area contributed by atoms with Crippen LogP contribution >= 0.6 is 0 Å². The maximum atomic E-state index is 9.74. The van der Waals surface area contributed by atoms with Gasteiger partial charge in [0.1, 0.15) is 0 Å². The molecular weight excluding hydrogens is 152 g/mol. The molecule has 1 aliphatic carbocycles. The predicted molar refractivity (Wildman–Crippen MR) is 48.8 cm³/mol. The highest BCUT2D eigenvalue weighted by atomic mass is 16.3. The minimum atomic E-state index is -0.624. The smallest absolute Gasteiger partial charge is 0.0620 e. The lowest BCUT2D eigenvalue weighted by Gasteiger charge is -2.37. The molecule has 2 N–H and O–H groups in total. The van der Waals surface area contributed by atoms with Crippen molar-refractivity contribution < 1.29 is 10.2 Å². The largest absolute Gasteiger partial charge is 0.393 e. The third-order valence-corrected chi connectivity index (χ3v) is 3.15. The molecule has 1 rings (SSSR count). The molecule has 0 radical (unpaired) electrons. The van der Waals surface area contributed by atoms with E-state index in [0.29, 0.717) is 5.92 Å². The van der Waals surface area contributed by atoms with Crippen molar-refractivity contribution in [2.75, 3.05) is 0 Å². The molecule has 2 heteroatoms. The van der Waals surface area contributed by atoms with E-state index < -0.39 is 5.60 Å². The first-order valence-electron chi connectivity index (χ1n) is 4.81. The molecule has 0 aromatic carbocycles. The lowest BCUT2D eigenvalue weighted by atomic mass is 9.74. The van der Waals surface area contributed by atoms with Crippen LogP contribution in [0.25, 0.3) is 0 Å². The zero-order valence-electron chi connectivity index (χ0n) is 8.25. The number of aliphatic hydroxyl groups is 2. The van der Waals surface area contributed by atoms with E-state index in [1.54, 1.807) is 0 Å². The zero-order valence-corrected chi connectivity index (χ0v) is 8.25. The van der Waals surface area contributed by atoms with Crippen molar-refractivity contribution in [2.45, 2.75) is 51.7 Å². The first-order chi connectivity index (χ1) is 5.41. The third-order valence-electron chi connectivity index (χ3n) is 3.15. The minimum Gasteiger partial charge on any atom is -0.393 e. The van der Waals surface area contributed by atoms with E-state index in [-0.39, 0.29) is 12.0 Å². The molecule has 2 nitrogen and oxygen atoms in total. The Balaban J connectivity index is 2.51. The van der Waals surface area contributed by atoms with E-state index in [2.05, 4.69) is 6.92 Å². The minimum absolute atomic E-state index is 0.213. The summed E-state index contributed by atoms with van der Waals surface area (Å²) < 4.78 is 0. The Kier molecular flexibility index (Phi) is 2.79. The molecule has 1 aliphatic rings. The van der Waals surface area contributed by atoms with Gasteiger partial charge in [0.15, 0.2) is 0 Å². The number of aliphatic hydroxyl groups excluding tert-OH is 1. The molecule has 72 valence electrons. The van der Waals surface area contributed by atoms with E-state index in [9.17, 15) is 10.2 Å². The molecule has 0 saturated heterocycles. The van der Waals surface area contributed by atoms with Gasteiger partial charge in [-0.1, -0.05) is 6.92 Å². The first-order valence-corrected chi connectivity index (χ1v) is 4.81. The van der Waals surface area contributed by atoms with Crippen molar-refractivity contribution in [3.63, 3.8) is 0 Å². The second-order valence-electron chi connectivity index (χ2n) is 4.71. The van der Waals surface area contributed by atoms with Gasteiger partial charge in [0.05, 0.1) is 11.7 Å². The second kappa shape index (κ2) is 3.35. The summed E-state index contributed by atoms with van der Waals surface area (Å²) in [4.78, 5) is 0. The van der Waals surface area contributed by atoms with Gasteiger partial charge in [-0.25, -0.2) is 0 Å². The van der Waals surface area contributed by atoms with Crippen LogP contribution in [-0.4, -0.2) is 21.9 Å². The van der Waals surface area contributed by atoms with E-state index >= 15 is 0 Å². The standard InChI is InChI=1S/C10H20O2/c1-7-4-5-8(6-9(7)11)10(2,3)12/h7-9,11-12H,4-6H2,1-3H3/t7-,8-,9-/m0/s1. The summed E-state index contributed by atoms with van der Waals surface area (Å²) in [5.41, 5.74) is -0.624. The van der Waals surface area contributed by atoms with Crippen LogP contribution in [0, 0.1) is 11.8 Å². The molecule has 0 spiro atoms. The van der Waals surface area contributed by atoms with Gasteiger partial charge in [-0.3, -0.25) is 0 Å². The van der Waals surface area contributed by atoms with Crippen LogP contribution in [0.2, 0.25) is 0 Å². The highest BCUT2D eigenvalue weighted by molar-refractivity contribution is 4.85. The number of rotatable bonds is 1. The van der Waals surface area contributed by atoms with Gasteiger partial charge in [0.2, 0.25) is 0 Å². The Hall–Kier alpha value is -0.0800. The average molecular weight is 172 g/mol. The molecule has 0 unspecified atom stereocenters. The summed E-state index contributed by atoms with van der Waals surface area (Å²) in [6, 6.07) is 0. The number of hydrogen-bond donors (Lipinski definition) is 2. The fourth-order valence-corrected chi connectivity index (χ4v) is 1.94. The zero-order chi connectivity index (χ0) is 9.35. The lowest BCUT2D eigenvalue weighted by molar-refractivity contribution is -0.0443. The highest BCUT2D eigenvalue weighted by Gasteiger charge is 2.34. The van der Waals surface area contributed by atoms with Crippen molar-refractivity contribution >= 4 is 0 Å². The Labute approximate surface area is 74.6 Å². The number of hydrogen-bond acceptors (Lipinski definition) is 2. The Bertz CT molecular complexity index is 148.